The first kappa shape index (κ1) is 18.0. The molecule has 1 saturated heterocycles. The zero-order valence-corrected chi connectivity index (χ0v) is 16.5. The Morgan fingerprint density at radius 2 is 2.00 bits per heavy atom. The number of halogens is 1. The second-order valence-electron chi connectivity index (χ2n) is 7.42. The Morgan fingerprint density at radius 1 is 1.36 bits per heavy atom. The second kappa shape index (κ2) is 6.48. The van der Waals surface area contributed by atoms with Crippen LogP contribution in [0, 0.1) is 6.92 Å². The molecule has 3 heterocycles. The summed E-state index contributed by atoms with van der Waals surface area (Å²) in [4.78, 5) is 33.6. The maximum absolute atomic E-state index is 12.4. The number of aromatic nitrogens is 3. The molecule has 8 heteroatoms. The Balaban J connectivity index is 1.79. The summed E-state index contributed by atoms with van der Waals surface area (Å²) in [6.45, 7) is 8.60. The Kier molecular flexibility index (Phi) is 4.66. The number of nitrogens with zero attached hydrogens (tertiary/aromatic N) is 3. The van der Waals surface area contributed by atoms with Crippen LogP contribution in [0.5, 0.6) is 0 Å². The summed E-state index contributed by atoms with van der Waals surface area (Å²) < 4.78 is 8.06. The molecule has 1 amide bonds. The predicted octanol–water partition coefficient (Wildman–Crippen LogP) is 3.37. The summed E-state index contributed by atoms with van der Waals surface area (Å²) in [5, 5.41) is 0. The van der Waals surface area contributed by atoms with Crippen molar-refractivity contribution in [3.8, 4) is 0 Å². The van der Waals surface area contributed by atoms with Gasteiger partial charge in [0.05, 0.1) is 11.2 Å². The van der Waals surface area contributed by atoms with Gasteiger partial charge in [-0.1, -0.05) is 0 Å². The van der Waals surface area contributed by atoms with Crippen molar-refractivity contribution in [3.63, 3.8) is 0 Å². The summed E-state index contributed by atoms with van der Waals surface area (Å²) in [5.41, 5.74) is 1.56. The van der Waals surface area contributed by atoms with Crippen molar-refractivity contribution in [1.29, 1.82) is 0 Å². The number of nitrogens with one attached hydrogen (secondary N) is 1. The van der Waals surface area contributed by atoms with Crippen molar-refractivity contribution < 1.29 is 9.53 Å². The van der Waals surface area contributed by atoms with E-state index in [2.05, 4.69) is 25.9 Å². The van der Waals surface area contributed by atoms with Gasteiger partial charge in [-0.05, 0) is 62.5 Å². The van der Waals surface area contributed by atoms with Crippen LogP contribution in [0.15, 0.2) is 15.3 Å². The van der Waals surface area contributed by atoms with Crippen molar-refractivity contribution in [1.82, 2.24) is 19.4 Å². The average molecular weight is 411 g/mol. The minimum absolute atomic E-state index is 0.0383. The van der Waals surface area contributed by atoms with Crippen LogP contribution >= 0.6 is 15.9 Å². The molecule has 0 unspecified atom stereocenters. The van der Waals surface area contributed by atoms with Gasteiger partial charge in [-0.2, -0.15) is 0 Å². The Labute approximate surface area is 154 Å². The molecule has 2 aromatic rings. The monoisotopic (exact) mass is 410 g/mol. The Morgan fingerprint density at radius 3 is 2.60 bits per heavy atom. The summed E-state index contributed by atoms with van der Waals surface area (Å²) in [5.74, 6) is 0. The molecular formula is C17H23BrN4O3. The number of hydrogen-bond acceptors (Lipinski definition) is 4. The molecule has 1 fully saturated rings. The highest BCUT2D eigenvalue weighted by Crippen LogP contribution is 2.27. The number of likely N-dealkylation sites (tertiary alicyclic amines) is 1. The molecule has 0 aliphatic carbocycles. The standard InChI is InChI=1S/C17H23BrN4O3/c1-10-12(18)9-13-14(19-10)20-15(23)22(13)11-5-7-21(8-6-11)16(24)25-17(2,3)4/h9,11H,5-8H2,1-4H3,(H,19,20,23). The highest BCUT2D eigenvalue weighted by molar-refractivity contribution is 9.10. The SMILES string of the molecule is Cc1nc2[nH]c(=O)n(C3CCN(C(=O)OC(C)(C)C)CC3)c2cc1Br. The first-order chi connectivity index (χ1) is 11.7. The smallest absolute Gasteiger partial charge is 0.410 e. The van der Waals surface area contributed by atoms with Gasteiger partial charge in [0.1, 0.15) is 5.60 Å². The van der Waals surface area contributed by atoms with E-state index >= 15 is 0 Å². The van der Waals surface area contributed by atoms with Crippen LogP contribution in [0.4, 0.5) is 4.79 Å². The van der Waals surface area contributed by atoms with Crippen molar-refractivity contribution >= 4 is 33.2 Å². The van der Waals surface area contributed by atoms with E-state index in [9.17, 15) is 9.59 Å². The van der Waals surface area contributed by atoms with E-state index in [0.717, 1.165) is 15.7 Å². The number of pyridine rings is 1. The Bertz CT molecular complexity index is 857. The van der Waals surface area contributed by atoms with Crippen LogP contribution in [-0.4, -0.2) is 44.2 Å². The van der Waals surface area contributed by atoms with Gasteiger partial charge in [0.15, 0.2) is 5.65 Å². The van der Waals surface area contributed by atoms with E-state index < -0.39 is 5.60 Å². The molecule has 7 nitrogen and oxygen atoms in total. The third-order valence-electron chi connectivity index (χ3n) is 4.32. The molecule has 0 spiro atoms. The molecule has 0 bridgehead atoms. The number of H-pyrrole nitrogens is 1. The fourth-order valence-corrected chi connectivity index (χ4v) is 3.42. The quantitative estimate of drug-likeness (QED) is 0.781. The Hall–Kier alpha value is -1.83. The zero-order valence-electron chi connectivity index (χ0n) is 14.9. The molecule has 25 heavy (non-hydrogen) atoms. The third-order valence-corrected chi connectivity index (χ3v) is 5.12. The lowest BCUT2D eigenvalue weighted by Gasteiger charge is -2.33. The van der Waals surface area contributed by atoms with Crippen molar-refractivity contribution in [3.05, 3.63) is 26.7 Å². The highest BCUT2D eigenvalue weighted by atomic mass is 79.9. The van der Waals surface area contributed by atoms with Crippen molar-refractivity contribution in [2.75, 3.05) is 13.1 Å². The van der Waals surface area contributed by atoms with E-state index in [1.165, 1.54) is 0 Å². The molecule has 0 atom stereocenters. The first-order valence-corrected chi connectivity index (χ1v) is 9.20. The van der Waals surface area contributed by atoms with Crippen LogP contribution in [-0.2, 0) is 4.74 Å². The van der Waals surface area contributed by atoms with E-state index in [4.69, 9.17) is 4.74 Å². The van der Waals surface area contributed by atoms with Crippen molar-refractivity contribution in [2.45, 2.75) is 52.2 Å². The largest absolute Gasteiger partial charge is 0.444 e. The molecule has 2 aromatic heterocycles. The maximum Gasteiger partial charge on any atom is 0.410 e. The second-order valence-corrected chi connectivity index (χ2v) is 8.28. The lowest BCUT2D eigenvalue weighted by Crippen LogP contribution is -2.43. The third kappa shape index (κ3) is 3.73. The van der Waals surface area contributed by atoms with Crippen LogP contribution in [0.2, 0.25) is 0 Å². The summed E-state index contributed by atoms with van der Waals surface area (Å²) in [6.07, 6.45) is 1.12. The summed E-state index contributed by atoms with van der Waals surface area (Å²) in [6, 6.07) is 1.96. The zero-order chi connectivity index (χ0) is 18.4. The van der Waals surface area contributed by atoms with Gasteiger partial charge >= 0.3 is 11.8 Å². The van der Waals surface area contributed by atoms with Crippen LogP contribution in [0.25, 0.3) is 11.2 Å². The minimum Gasteiger partial charge on any atom is -0.444 e. The van der Waals surface area contributed by atoms with Crippen LogP contribution < -0.4 is 5.69 Å². The number of amides is 1. The molecule has 1 aliphatic heterocycles. The van der Waals surface area contributed by atoms with Crippen LogP contribution in [0.1, 0.15) is 45.3 Å². The molecule has 1 N–H and O–H groups in total. The number of aromatic amines is 1. The van der Waals surface area contributed by atoms with Gasteiger partial charge in [0.2, 0.25) is 0 Å². The van der Waals surface area contributed by atoms with Gasteiger partial charge in [0.25, 0.3) is 0 Å². The number of carbonyl (C=O) groups is 1. The fourth-order valence-electron chi connectivity index (χ4n) is 3.11. The van der Waals surface area contributed by atoms with E-state index in [1.807, 2.05) is 33.8 Å². The normalized spacial score (nSPS) is 16.4. The van der Waals surface area contributed by atoms with E-state index in [1.54, 1.807) is 9.47 Å². The van der Waals surface area contributed by atoms with Gasteiger partial charge in [-0.3, -0.25) is 9.55 Å². The van der Waals surface area contributed by atoms with Gasteiger partial charge in [-0.25, -0.2) is 14.6 Å². The molecular weight excluding hydrogens is 388 g/mol. The first-order valence-electron chi connectivity index (χ1n) is 8.41. The number of rotatable bonds is 1. The number of fused-ring (bicyclic) bond motifs is 1. The lowest BCUT2D eigenvalue weighted by molar-refractivity contribution is 0.0189. The predicted molar refractivity (Wildman–Crippen MR) is 98.9 cm³/mol. The van der Waals surface area contributed by atoms with Crippen molar-refractivity contribution in [2.24, 2.45) is 0 Å². The van der Waals surface area contributed by atoms with Gasteiger partial charge < -0.3 is 9.64 Å². The molecule has 136 valence electrons. The van der Waals surface area contributed by atoms with Crippen LogP contribution in [0.3, 0.4) is 0 Å². The summed E-state index contributed by atoms with van der Waals surface area (Å²) in [7, 11) is 0. The number of piperidine rings is 1. The average Bonchev–Trinajstić information content (AvgIpc) is 2.81. The number of carbonyl (C=O) groups excluding carboxylic acids is 1. The number of imidazole rings is 1. The fraction of sp³-hybridized carbons (Fsp3) is 0.588. The molecule has 0 aromatic carbocycles. The van der Waals surface area contributed by atoms with Gasteiger partial charge in [0, 0.05) is 23.6 Å². The van der Waals surface area contributed by atoms with E-state index in [-0.39, 0.29) is 17.8 Å². The molecule has 1 aliphatic rings. The number of hydrogen-bond donors (Lipinski definition) is 1. The topological polar surface area (TPSA) is 80.2 Å². The summed E-state index contributed by atoms with van der Waals surface area (Å²) >= 11 is 3.48. The highest BCUT2D eigenvalue weighted by Gasteiger charge is 2.29. The van der Waals surface area contributed by atoms with E-state index in [0.29, 0.717) is 31.6 Å². The molecule has 0 radical (unpaired) electrons. The maximum atomic E-state index is 12.4. The van der Waals surface area contributed by atoms with Gasteiger partial charge in [-0.15, -0.1) is 0 Å². The lowest BCUT2D eigenvalue weighted by atomic mass is 10.1. The number of aryl methyl sites for hydroxylation is 1. The minimum atomic E-state index is -0.502. The molecule has 0 saturated carbocycles. The number of ether oxygens (including phenoxy) is 1. The molecule has 3 rings (SSSR count).